The zero-order valence-corrected chi connectivity index (χ0v) is 16.7. The van der Waals surface area contributed by atoms with Crippen LogP contribution >= 0.6 is 22.9 Å². The van der Waals surface area contributed by atoms with Gasteiger partial charge in [-0.1, -0.05) is 23.7 Å². The Hall–Kier alpha value is -1.63. The van der Waals surface area contributed by atoms with Gasteiger partial charge in [-0.25, -0.2) is 9.98 Å². The smallest absolute Gasteiger partial charge is 0.194 e. The normalized spacial score (nSPS) is 12.9. The van der Waals surface area contributed by atoms with E-state index >= 15 is 0 Å². The fraction of sp³-hybridized carbons (Fsp3) is 0.444. The van der Waals surface area contributed by atoms with Gasteiger partial charge in [0.15, 0.2) is 5.96 Å². The Balaban J connectivity index is 2.05. The molecular weight excluding hydrogens is 356 g/mol. The Morgan fingerprint density at radius 2 is 2.28 bits per heavy atom. The van der Waals surface area contributed by atoms with Gasteiger partial charge in [0.05, 0.1) is 18.8 Å². The fourth-order valence-electron chi connectivity index (χ4n) is 2.27. The average molecular weight is 381 g/mol. The molecule has 7 heteroatoms. The van der Waals surface area contributed by atoms with Crippen LogP contribution in [0.4, 0.5) is 0 Å². The zero-order chi connectivity index (χ0) is 18.2. The molecule has 25 heavy (non-hydrogen) atoms. The molecule has 1 heterocycles. The molecule has 1 atom stereocenters. The summed E-state index contributed by atoms with van der Waals surface area (Å²) in [4.78, 5) is 11.4. The number of nitrogens with one attached hydrogen (secondary N) is 1. The summed E-state index contributed by atoms with van der Waals surface area (Å²) in [5.74, 6) is 0.844. The number of guanidine groups is 1. The molecule has 1 aromatic heterocycles. The minimum absolute atomic E-state index is 0.0220. The quantitative estimate of drug-likeness (QED) is 0.580. The van der Waals surface area contributed by atoms with Crippen molar-refractivity contribution in [3.8, 4) is 0 Å². The van der Waals surface area contributed by atoms with Crippen molar-refractivity contribution < 1.29 is 4.74 Å². The monoisotopic (exact) mass is 380 g/mol. The number of methoxy groups -OCH3 is 1. The second kappa shape index (κ2) is 9.75. The number of aliphatic imine (C=N–C) groups is 1. The van der Waals surface area contributed by atoms with Gasteiger partial charge in [0, 0.05) is 31.1 Å². The molecule has 2 aromatic rings. The number of nitrogens with zero attached hydrogens (tertiary/aromatic N) is 3. The maximum absolute atomic E-state index is 6.04. The molecule has 0 amide bonds. The maximum Gasteiger partial charge on any atom is 0.194 e. The first-order valence-corrected chi connectivity index (χ1v) is 9.50. The van der Waals surface area contributed by atoms with Crippen LogP contribution in [0.2, 0.25) is 5.02 Å². The summed E-state index contributed by atoms with van der Waals surface area (Å²) in [6.07, 6.45) is 0.0220. The number of halogens is 1. The number of hydrogen-bond donors (Lipinski definition) is 1. The van der Waals surface area contributed by atoms with Crippen LogP contribution in [0.25, 0.3) is 0 Å². The predicted molar refractivity (Wildman–Crippen MR) is 105 cm³/mol. The van der Waals surface area contributed by atoms with Crippen molar-refractivity contribution in [1.82, 2.24) is 15.2 Å². The summed E-state index contributed by atoms with van der Waals surface area (Å²) in [5, 5.41) is 7.12. The molecule has 5 nitrogen and oxygen atoms in total. The van der Waals surface area contributed by atoms with Gasteiger partial charge >= 0.3 is 0 Å². The van der Waals surface area contributed by atoms with E-state index in [-0.39, 0.29) is 6.10 Å². The highest BCUT2D eigenvalue weighted by Crippen LogP contribution is 2.21. The fourth-order valence-corrected chi connectivity index (χ4v) is 3.33. The minimum atomic E-state index is 0.0220. The molecule has 0 aliphatic heterocycles. The third-order valence-corrected chi connectivity index (χ3v) is 4.96. The molecule has 0 saturated heterocycles. The highest BCUT2D eigenvalue weighted by molar-refractivity contribution is 7.09. The molecule has 0 aliphatic rings. The maximum atomic E-state index is 6.04. The van der Waals surface area contributed by atoms with E-state index in [1.165, 1.54) is 0 Å². The van der Waals surface area contributed by atoms with Crippen molar-refractivity contribution in [1.29, 1.82) is 0 Å². The predicted octanol–water partition coefficient (Wildman–Crippen LogP) is 4.10. The molecule has 0 saturated carbocycles. The van der Waals surface area contributed by atoms with E-state index in [4.69, 9.17) is 21.3 Å². The lowest BCUT2D eigenvalue weighted by Crippen LogP contribution is -2.38. The van der Waals surface area contributed by atoms with Crippen molar-refractivity contribution in [2.75, 3.05) is 20.7 Å². The van der Waals surface area contributed by atoms with Gasteiger partial charge in [-0.2, -0.15) is 0 Å². The molecule has 0 spiro atoms. The van der Waals surface area contributed by atoms with Gasteiger partial charge in [0.2, 0.25) is 0 Å². The minimum Gasteiger partial charge on any atom is -0.375 e. The van der Waals surface area contributed by atoms with Crippen LogP contribution in [-0.2, 0) is 17.8 Å². The van der Waals surface area contributed by atoms with Gasteiger partial charge in [0.25, 0.3) is 0 Å². The first kappa shape index (κ1) is 19.7. The second-order valence-corrected chi connectivity index (χ2v) is 7.04. The van der Waals surface area contributed by atoms with E-state index in [0.29, 0.717) is 13.1 Å². The third kappa shape index (κ3) is 5.99. The van der Waals surface area contributed by atoms with Crippen LogP contribution in [0, 0.1) is 0 Å². The van der Waals surface area contributed by atoms with E-state index < -0.39 is 0 Å². The number of aromatic nitrogens is 1. The third-order valence-electron chi connectivity index (χ3n) is 3.67. The lowest BCUT2D eigenvalue weighted by atomic mass is 10.2. The van der Waals surface area contributed by atoms with Crippen molar-refractivity contribution >= 4 is 28.9 Å². The number of thiazole rings is 1. The number of rotatable bonds is 7. The average Bonchev–Trinajstić information content (AvgIpc) is 3.06. The van der Waals surface area contributed by atoms with Gasteiger partial charge < -0.3 is 15.0 Å². The van der Waals surface area contributed by atoms with Crippen LogP contribution in [0.5, 0.6) is 0 Å². The van der Waals surface area contributed by atoms with E-state index in [9.17, 15) is 0 Å². The molecule has 0 radical (unpaired) electrons. The van der Waals surface area contributed by atoms with E-state index in [0.717, 1.165) is 33.8 Å². The Bertz CT molecular complexity index is 704. The molecule has 1 N–H and O–H groups in total. The van der Waals surface area contributed by atoms with Gasteiger partial charge in [-0.05, 0) is 31.5 Å². The van der Waals surface area contributed by atoms with Crippen LogP contribution in [0.15, 0.2) is 34.6 Å². The number of hydrogen-bond acceptors (Lipinski definition) is 4. The van der Waals surface area contributed by atoms with Gasteiger partial charge in [0.1, 0.15) is 11.1 Å². The molecule has 0 bridgehead atoms. The van der Waals surface area contributed by atoms with E-state index in [1.54, 1.807) is 18.4 Å². The summed E-state index contributed by atoms with van der Waals surface area (Å²) in [6.45, 7) is 6.14. The lowest BCUT2D eigenvalue weighted by molar-refractivity contribution is 0.119. The summed E-state index contributed by atoms with van der Waals surface area (Å²) in [6, 6.07) is 7.77. The standard InChI is InChI=1S/C18H25ClN4OS/c1-5-20-18(21-10-14-7-6-8-15(19)9-14)23(3)11-16-12-25-17(22-16)13(2)24-4/h6-9,12-13H,5,10-11H2,1-4H3,(H,20,21). The molecular formula is C18H25ClN4OS. The zero-order valence-electron chi connectivity index (χ0n) is 15.1. The number of ether oxygens (including phenoxy) is 1. The first-order valence-electron chi connectivity index (χ1n) is 8.24. The highest BCUT2D eigenvalue weighted by Gasteiger charge is 2.12. The van der Waals surface area contributed by atoms with Crippen molar-refractivity contribution in [2.24, 2.45) is 4.99 Å². The van der Waals surface area contributed by atoms with Crippen LogP contribution < -0.4 is 5.32 Å². The van der Waals surface area contributed by atoms with E-state index in [1.807, 2.05) is 38.2 Å². The van der Waals surface area contributed by atoms with Crippen LogP contribution in [-0.4, -0.2) is 36.5 Å². The molecule has 0 fully saturated rings. The molecule has 1 aromatic carbocycles. The molecule has 1 unspecified atom stereocenters. The molecule has 0 aliphatic carbocycles. The van der Waals surface area contributed by atoms with E-state index in [2.05, 4.69) is 27.5 Å². The summed E-state index contributed by atoms with van der Waals surface area (Å²) >= 11 is 7.66. The van der Waals surface area contributed by atoms with Crippen LogP contribution in [0.3, 0.4) is 0 Å². The largest absolute Gasteiger partial charge is 0.375 e. The Kier molecular flexibility index (Phi) is 7.68. The van der Waals surface area contributed by atoms with Gasteiger partial charge in [-0.3, -0.25) is 0 Å². The topological polar surface area (TPSA) is 49.8 Å². The Morgan fingerprint density at radius 3 is 2.96 bits per heavy atom. The van der Waals surface area contributed by atoms with Gasteiger partial charge in [-0.15, -0.1) is 11.3 Å². The highest BCUT2D eigenvalue weighted by atomic mass is 35.5. The van der Waals surface area contributed by atoms with Crippen molar-refractivity contribution in [2.45, 2.75) is 33.0 Å². The SMILES string of the molecule is CCNC(=NCc1cccc(Cl)c1)N(C)Cc1csc(C(C)OC)n1. The Morgan fingerprint density at radius 1 is 1.48 bits per heavy atom. The van der Waals surface area contributed by atoms with Crippen molar-refractivity contribution in [3.05, 3.63) is 50.9 Å². The Labute approximate surface area is 158 Å². The number of benzene rings is 1. The van der Waals surface area contributed by atoms with Crippen LogP contribution in [0.1, 0.15) is 36.2 Å². The first-order chi connectivity index (χ1) is 12.0. The molecule has 2 rings (SSSR count). The van der Waals surface area contributed by atoms with Crippen molar-refractivity contribution in [3.63, 3.8) is 0 Å². The summed E-state index contributed by atoms with van der Waals surface area (Å²) in [5.41, 5.74) is 2.10. The summed E-state index contributed by atoms with van der Waals surface area (Å²) < 4.78 is 5.33. The second-order valence-electron chi connectivity index (χ2n) is 5.71. The summed E-state index contributed by atoms with van der Waals surface area (Å²) in [7, 11) is 3.71. The lowest BCUT2D eigenvalue weighted by Gasteiger charge is -2.21. The molecule has 136 valence electrons.